The van der Waals surface area contributed by atoms with Crippen molar-refractivity contribution >= 4 is 29.3 Å². The number of carbonyl (C=O) groups excluding carboxylic acids is 2. The number of ether oxygens (including phenoxy) is 2. The Balaban J connectivity index is 2.35. The average molecular weight is 370 g/mol. The standard InChI is InChI=1S/C15H16ClN3O6/c1-8-12(14(20)25-6-5-24-2)13(18-15(21)17-8)9-3-4-10(16)11(7-9)19(22)23/h3-4,7,12-13H,1,5-6H2,2H3,(H2,17,18,21)/t12-,13+/m0/s1. The summed E-state index contributed by atoms with van der Waals surface area (Å²) in [5, 5.41) is 16.0. The first kappa shape index (κ1) is 18.7. The molecule has 0 saturated carbocycles. The van der Waals surface area contributed by atoms with Crippen molar-refractivity contribution in [2.45, 2.75) is 6.04 Å². The minimum atomic E-state index is -0.963. The van der Waals surface area contributed by atoms with Crippen LogP contribution in [-0.2, 0) is 14.3 Å². The van der Waals surface area contributed by atoms with Crippen molar-refractivity contribution in [2.24, 2.45) is 5.92 Å². The molecule has 25 heavy (non-hydrogen) atoms. The molecule has 0 aromatic heterocycles. The number of amides is 2. The lowest BCUT2D eigenvalue weighted by molar-refractivity contribution is -0.384. The highest BCUT2D eigenvalue weighted by Gasteiger charge is 2.39. The first-order valence-corrected chi connectivity index (χ1v) is 7.58. The third-order valence-electron chi connectivity index (χ3n) is 3.58. The van der Waals surface area contributed by atoms with Gasteiger partial charge in [-0.15, -0.1) is 0 Å². The molecule has 0 spiro atoms. The van der Waals surface area contributed by atoms with Gasteiger partial charge >= 0.3 is 12.0 Å². The molecule has 2 atom stereocenters. The molecule has 9 nitrogen and oxygen atoms in total. The van der Waals surface area contributed by atoms with Crippen LogP contribution in [0, 0.1) is 16.0 Å². The Morgan fingerprint density at radius 1 is 1.44 bits per heavy atom. The molecule has 134 valence electrons. The Bertz CT molecular complexity index is 723. The van der Waals surface area contributed by atoms with Gasteiger partial charge in [0, 0.05) is 18.9 Å². The van der Waals surface area contributed by atoms with Crippen LogP contribution in [0.25, 0.3) is 0 Å². The number of benzene rings is 1. The summed E-state index contributed by atoms with van der Waals surface area (Å²) in [6.07, 6.45) is 0. The number of nitrogens with one attached hydrogen (secondary N) is 2. The van der Waals surface area contributed by atoms with Crippen LogP contribution < -0.4 is 10.6 Å². The number of esters is 1. The van der Waals surface area contributed by atoms with Crippen LogP contribution in [0.5, 0.6) is 0 Å². The number of hydrogen-bond donors (Lipinski definition) is 2. The fourth-order valence-electron chi connectivity index (χ4n) is 2.42. The van der Waals surface area contributed by atoms with Crippen LogP contribution in [0.1, 0.15) is 11.6 Å². The van der Waals surface area contributed by atoms with Gasteiger partial charge < -0.3 is 20.1 Å². The van der Waals surface area contributed by atoms with Gasteiger partial charge in [-0.2, -0.15) is 0 Å². The van der Waals surface area contributed by atoms with Gasteiger partial charge in [0.15, 0.2) is 0 Å². The zero-order chi connectivity index (χ0) is 18.6. The molecule has 1 aromatic rings. The normalized spacial score (nSPS) is 19.8. The lowest BCUT2D eigenvalue weighted by atomic mass is 9.89. The molecule has 1 aliphatic rings. The van der Waals surface area contributed by atoms with Gasteiger partial charge in [-0.05, 0) is 11.6 Å². The first-order valence-electron chi connectivity index (χ1n) is 7.21. The minimum Gasteiger partial charge on any atom is -0.463 e. The maximum absolute atomic E-state index is 12.4. The SMILES string of the molecule is C=C1NC(=O)N[C@H](c2ccc(Cl)c([N+](=O)[O-])c2)[C@H]1C(=O)OCCOC. The number of methoxy groups -OCH3 is 1. The number of halogens is 1. The summed E-state index contributed by atoms with van der Waals surface area (Å²) in [7, 11) is 1.46. The van der Waals surface area contributed by atoms with E-state index < -0.39 is 28.9 Å². The highest BCUT2D eigenvalue weighted by molar-refractivity contribution is 6.32. The molecule has 1 heterocycles. The van der Waals surface area contributed by atoms with Crippen molar-refractivity contribution in [1.29, 1.82) is 0 Å². The molecular formula is C15H16ClN3O6. The molecule has 0 aliphatic carbocycles. The van der Waals surface area contributed by atoms with Crippen molar-refractivity contribution in [3.8, 4) is 0 Å². The molecule has 0 radical (unpaired) electrons. The summed E-state index contributed by atoms with van der Waals surface area (Å²) in [6.45, 7) is 3.92. The van der Waals surface area contributed by atoms with Crippen molar-refractivity contribution in [3.05, 3.63) is 51.2 Å². The van der Waals surface area contributed by atoms with Crippen LogP contribution in [0.3, 0.4) is 0 Å². The molecule has 1 aliphatic heterocycles. The third kappa shape index (κ3) is 4.25. The van der Waals surface area contributed by atoms with Gasteiger partial charge in [0.05, 0.1) is 17.6 Å². The van der Waals surface area contributed by atoms with Crippen LogP contribution in [-0.4, -0.2) is 37.2 Å². The third-order valence-corrected chi connectivity index (χ3v) is 3.90. The van der Waals surface area contributed by atoms with Crippen molar-refractivity contribution in [3.63, 3.8) is 0 Å². The van der Waals surface area contributed by atoms with Gasteiger partial charge in [0.25, 0.3) is 5.69 Å². The Labute approximate surface area is 148 Å². The summed E-state index contributed by atoms with van der Waals surface area (Å²) in [5.74, 6) is -1.60. The van der Waals surface area contributed by atoms with Crippen LogP contribution in [0.15, 0.2) is 30.5 Å². The predicted octanol–water partition coefficient (Wildman–Crippen LogP) is 1.92. The Kier molecular flexibility index (Phi) is 5.94. The van der Waals surface area contributed by atoms with Crippen molar-refractivity contribution in [2.75, 3.05) is 20.3 Å². The zero-order valence-electron chi connectivity index (χ0n) is 13.3. The first-order chi connectivity index (χ1) is 11.8. The Morgan fingerprint density at radius 2 is 2.16 bits per heavy atom. The van der Waals surface area contributed by atoms with Crippen LogP contribution in [0.2, 0.25) is 5.02 Å². The van der Waals surface area contributed by atoms with E-state index in [1.165, 1.54) is 25.3 Å². The van der Waals surface area contributed by atoms with Gasteiger partial charge in [0.2, 0.25) is 0 Å². The van der Waals surface area contributed by atoms with E-state index in [-0.39, 0.29) is 29.6 Å². The van der Waals surface area contributed by atoms with Crippen molar-refractivity contribution in [1.82, 2.24) is 10.6 Å². The molecule has 0 bridgehead atoms. The summed E-state index contributed by atoms with van der Waals surface area (Å²) < 4.78 is 9.92. The lowest BCUT2D eigenvalue weighted by Crippen LogP contribution is -2.51. The van der Waals surface area contributed by atoms with Gasteiger partial charge in [-0.3, -0.25) is 14.9 Å². The largest absolute Gasteiger partial charge is 0.463 e. The molecule has 1 saturated heterocycles. The fourth-order valence-corrected chi connectivity index (χ4v) is 2.60. The number of hydrogen-bond acceptors (Lipinski definition) is 6. The predicted molar refractivity (Wildman–Crippen MR) is 88.0 cm³/mol. The van der Waals surface area contributed by atoms with E-state index in [2.05, 4.69) is 17.2 Å². The maximum atomic E-state index is 12.4. The molecule has 1 aromatic carbocycles. The smallest absolute Gasteiger partial charge is 0.319 e. The maximum Gasteiger partial charge on any atom is 0.319 e. The molecule has 10 heteroatoms. The molecular weight excluding hydrogens is 354 g/mol. The van der Waals surface area contributed by atoms with E-state index >= 15 is 0 Å². The van der Waals surface area contributed by atoms with E-state index in [0.717, 1.165) is 0 Å². The van der Waals surface area contributed by atoms with Crippen LogP contribution >= 0.6 is 11.6 Å². The molecule has 1 fully saturated rings. The zero-order valence-corrected chi connectivity index (χ0v) is 14.0. The second kappa shape index (κ2) is 7.95. The number of urea groups is 1. The van der Waals surface area contributed by atoms with E-state index in [1.807, 2.05) is 0 Å². The molecule has 2 amide bonds. The molecule has 0 unspecified atom stereocenters. The molecule has 2 rings (SSSR count). The monoisotopic (exact) mass is 369 g/mol. The van der Waals surface area contributed by atoms with E-state index in [1.54, 1.807) is 0 Å². The number of rotatable bonds is 6. The number of nitrogens with zero attached hydrogens (tertiary/aromatic N) is 1. The minimum absolute atomic E-state index is 0.0283. The average Bonchev–Trinajstić information content (AvgIpc) is 2.54. The summed E-state index contributed by atoms with van der Waals surface area (Å²) >= 11 is 5.81. The van der Waals surface area contributed by atoms with E-state index in [4.69, 9.17) is 21.1 Å². The van der Waals surface area contributed by atoms with Crippen molar-refractivity contribution < 1.29 is 24.0 Å². The fraction of sp³-hybridized carbons (Fsp3) is 0.333. The number of nitro groups is 1. The van der Waals surface area contributed by atoms with Gasteiger partial charge in [-0.1, -0.05) is 24.2 Å². The highest BCUT2D eigenvalue weighted by Crippen LogP contribution is 2.34. The topological polar surface area (TPSA) is 120 Å². The van der Waals surface area contributed by atoms with E-state index in [0.29, 0.717) is 5.56 Å². The summed E-state index contributed by atoms with van der Waals surface area (Å²) in [6, 6.07) is 2.58. The number of carbonyl (C=O) groups is 2. The van der Waals surface area contributed by atoms with Gasteiger partial charge in [0.1, 0.15) is 17.5 Å². The summed E-state index contributed by atoms with van der Waals surface area (Å²) in [4.78, 5) is 34.6. The van der Waals surface area contributed by atoms with Crippen LogP contribution in [0.4, 0.5) is 10.5 Å². The second-order valence-electron chi connectivity index (χ2n) is 5.21. The Hall–Kier alpha value is -2.65. The number of nitro benzene ring substituents is 1. The summed E-state index contributed by atoms with van der Waals surface area (Å²) in [5.41, 5.74) is 0.138. The Morgan fingerprint density at radius 3 is 2.80 bits per heavy atom. The van der Waals surface area contributed by atoms with E-state index in [9.17, 15) is 19.7 Å². The quantitative estimate of drug-likeness (QED) is 0.342. The second-order valence-corrected chi connectivity index (χ2v) is 5.61. The van der Waals surface area contributed by atoms with Gasteiger partial charge in [-0.25, -0.2) is 4.79 Å². The lowest BCUT2D eigenvalue weighted by Gasteiger charge is -2.33. The molecule has 2 N–H and O–H groups in total. The highest BCUT2D eigenvalue weighted by atomic mass is 35.5.